The van der Waals surface area contributed by atoms with Crippen molar-refractivity contribution in [2.75, 3.05) is 5.32 Å². The molecule has 1 aromatic heterocycles. The van der Waals surface area contributed by atoms with Gasteiger partial charge in [0, 0.05) is 12.2 Å². The number of hydrogen-bond acceptors (Lipinski definition) is 4. The normalized spacial score (nSPS) is 10.8. The molecule has 1 heterocycles. The number of benzene rings is 3. The van der Waals surface area contributed by atoms with Crippen molar-refractivity contribution in [1.82, 2.24) is 9.78 Å². The Morgan fingerprint density at radius 3 is 2.65 bits per heavy atom. The van der Waals surface area contributed by atoms with E-state index in [1.165, 1.54) is 16.8 Å². The van der Waals surface area contributed by atoms with Crippen molar-refractivity contribution >= 4 is 22.5 Å². The van der Waals surface area contributed by atoms with Gasteiger partial charge in [0.25, 0.3) is 5.91 Å². The molecule has 0 aliphatic heterocycles. The number of amides is 1. The number of nitrogens with zero attached hydrogens (tertiary/aromatic N) is 2. The number of rotatable bonds is 6. The summed E-state index contributed by atoms with van der Waals surface area (Å²) in [7, 11) is 0. The smallest absolute Gasteiger partial charge is 0.280 e. The third-order valence-corrected chi connectivity index (χ3v) is 4.77. The molecule has 7 heteroatoms. The van der Waals surface area contributed by atoms with E-state index in [1.54, 1.807) is 18.2 Å². The van der Waals surface area contributed by atoms with Crippen LogP contribution in [-0.2, 0) is 13.2 Å². The number of aryl methyl sites for hydroxylation is 1. The number of carbonyl (C=O) groups is 1. The van der Waals surface area contributed by atoms with Gasteiger partial charge in [-0.1, -0.05) is 30.3 Å². The molecule has 3 aromatic carbocycles. The van der Waals surface area contributed by atoms with E-state index in [1.807, 2.05) is 43.3 Å². The maximum absolute atomic E-state index is 13.7. The van der Waals surface area contributed by atoms with E-state index < -0.39 is 17.2 Å². The van der Waals surface area contributed by atoms with Crippen LogP contribution in [0.15, 0.2) is 77.6 Å². The molecular formula is C24H20FN3O3. The van der Waals surface area contributed by atoms with E-state index in [0.29, 0.717) is 24.4 Å². The summed E-state index contributed by atoms with van der Waals surface area (Å²) in [6, 6.07) is 20.4. The van der Waals surface area contributed by atoms with Crippen LogP contribution in [0, 0.1) is 5.82 Å². The minimum Gasteiger partial charge on any atom is -0.489 e. The van der Waals surface area contributed by atoms with Crippen molar-refractivity contribution in [2.24, 2.45) is 0 Å². The predicted octanol–water partition coefficient (Wildman–Crippen LogP) is 4.39. The summed E-state index contributed by atoms with van der Waals surface area (Å²) in [6.45, 7) is 2.58. The first kappa shape index (κ1) is 20.3. The predicted molar refractivity (Wildman–Crippen MR) is 117 cm³/mol. The lowest BCUT2D eigenvalue weighted by molar-refractivity contribution is 0.101. The summed E-state index contributed by atoms with van der Waals surface area (Å²) in [4.78, 5) is 25.6. The van der Waals surface area contributed by atoms with Crippen LogP contribution in [0.2, 0.25) is 0 Å². The number of para-hydroxylation sites is 1. The van der Waals surface area contributed by atoms with Gasteiger partial charge in [-0.15, -0.1) is 0 Å². The van der Waals surface area contributed by atoms with E-state index in [-0.39, 0.29) is 11.1 Å². The maximum Gasteiger partial charge on any atom is 0.280 e. The van der Waals surface area contributed by atoms with Crippen molar-refractivity contribution in [2.45, 2.75) is 20.1 Å². The van der Waals surface area contributed by atoms with Gasteiger partial charge in [0.2, 0.25) is 5.43 Å². The van der Waals surface area contributed by atoms with Crippen molar-refractivity contribution in [3.05, 3.63) is 100 Å². The van der Waals surface area contributed by atoms with Crippen LogP contribution in [-0.4, -0.2) is 15.7 Å². The monoisotopic (exact) mass is 417 g/mol. The third-order valence-electron chi connectivity index (χ3n) is 4.77. The number of hydrogen-bond donors (Lipinski definition) is 1. The molecule has 6 nitrogen and oxygen atoms in total. The lowest BCUT2D eigenvalue weighted by Gasteiger charge is -2.11. The van der Waals surface area contributed by atoms with Gasteiger partial charge >= 0.3 is 0 Å². The number of halogens is 1. The summed E-state index contributed by atoms with van der Waals surface area (Å²) in [5.41, 5.74) is 0.931. The van der Waals surface area contributed by atoms with Crippen LogP contribution < -0.4 is 15.5 Å². The summed E-state index contributed by atoms with van der Waals surface area (Å²) in [5.74, 6) is -0.458. The van der Waals surface area contributed by atoms with Gasteiger partial charge in [0.15, 0.2) is 5.69 Å². The largest absolute Gasteiger partial charge is 0.489 e. The zero-order valence-electron chi connectivity index (χ0n) is 16.8. The maximum atomic E-state index is 13.7. The standard InChI is InChI=1S/C24H20FN3O3/c1-2-28-21-12-11-17(25)14-20(21)23(29)22(27-28)24(30)26-18-8-6-7-16(13-18)15-31-19-9-4-3-5-10-19/h3-14H,2,15H2,1H3,(H,26,30). The zero-order chi connectivity index (χ0) is 21.8. The zero-order valence-corrected chi connectivity index (χ0v) is 16.8. The molecule has 0 spiro atoms. The topological polar surface area (TPSA) is 73.2 Å². The van der Waals surface area contributed by atoms with Gasteiger partial charge in [0.05, 0.1) is 10.9 Å². The Morgan fingerprint density at radius 2 is 1.87 bits per heavy atom. The molecule has 0 radical (unpaired) electrons. The molecule has 0 aliphatic rings. The number of nitrogens with one attached hydrogen (secondary N) is 1. The number of carbonyl (C=O) groups excluding carboxylic acids is 1. The van der Waals surface area contributed by atoms with Crippen LogP contribution in [0.25, 0.3) is 10.9 Å². The molecule has 1 amide bonds. The Balaban J connectivity index is 1.58. The fourth-order valence-corrected chi connectivity index (χ4v) is 3.26. The first-order valence-corrected chi connectivity index (χ1v) is 9.83. The van der Waals surface area contributed by atoms with Crippen LogP contribution in [0.1, 0.15) is 23.0 Å². The summed E-state index contributed by atoms with van der Waals surface area (Å²) < 4.78 is 20.9. The highest BCUT2D eigenvalue weighted by atomic mass is 19.1. The van der Waals surface area contributed by atoms with Crippen molar-refractivity contribution in [3.8, 4) is 5.75 Å². The molecule has 0 fully saturated rings. The molecule has 0 atom stereocenters. The molecular weight excluding hydrogens is 397 g/mol. The van der Waals surface area contributed by atoms with Crippen molar-refractivity contribution in [1.29, 1.82) is 0 Å². The van der Waals surface area contributed by atoms with E-state index >= 15 is 0 Å². The highest BCUT2D eigenvalue weighted by Crippen LogP contribution is 2.16. The second kappa shape index (κ2) is 8.79. The molecule has 0 unspecified atom stereocenters. The number of aromatic nitrogens is 2. The fraction of sp³-hybridized carbons (Fsp3) is 0.125. The summed E-state index contributed by atoms with van der Waals surface area (Å²) in [5, 5.41) is 7.01. The van der Waals surface area contributed by atoms with Crippen LogP contribution >= 0.6 is 0 Å². The average molecular weight is 417 g/mol. The lowest BCUT2D eigenvalue weighted by Crippen LogP contribution is -2.27. The van der Waals surface area contributed by atoms with Gasteiger partial charge in [-0.2, -0.15) is 5.10 Å². The average Bonchev–Trinajstić information content (AvgIpc) is 2.79. The van der Waals surface area contributed by atoms with E-state index in [9.17, 15) is 14.0 Å². The highest BCUT2D eigenvalue weighted by Gasteiger charge is 2.18. The molecule has 0 saturated carbocycles. The van der Waals surface area contributed by atoms with Gasteiger partial charge in [-0.05, 0) is 55.0 Å². The Kier molecular flexibility index (Phi) is 5.75. The van der Waals surface area contributed by atoms with E-state index in [0.717, 1.165) is 17.4 Å². The second-order valence-electron chi connectivity index (χ2n) is 6.91. The summed E-state index contributed by atoms with van der Waals surface area (Å²) >= 11 is 0. The first-order valence-electron chi connectivity index (χ1n) is 9.83. The molecule has 4 rings (SSSR count). The van der Waals surface area contributed by atoms with Crippen molar-refractivity contribution in [3.63, 3.8) is 0 Å². The molecule has 156 valence electrons. The van der Waals surface area contributed by atoms with Gasteiger partial charge in [0.1, 0.15) is 18.2 Å². The fourth-order valence-electron chi connectivity index (χ4n) is 3.26. The lowest BCUT2D eigenvalue weighted by atomic mass is 10.1. The SMILES string of the molecule is CCn1nc(C(=O)Nc2cccc(COc3ccccc3)c2)c(=O)c2cc(F)ccc21. The Hall–Kier alpha value is -4.00. The molecule has 0 bridgehead atoms. The summed E-state index contributed by atoms with van der Waals surface area (Å²) in [6.07, 6.45) is 0. The molecule has 31 heavy (non-hydrogen) atoms. The second-order valence-corrected chi connectivity index (χ2v) is 6.91. The van der Waals surface area contributed by atoms with Gasteiger partial charge in [-0.25, -0.2) is 4.39 Å². The third kappa shape index (κ3) is 4.45. The Morgan fingerprint density at radius 1 is 1.06 bits per heavy atom. The first-order chi connectivity index (χ1) is 15.0. The van der Waals surface area contributed by atoms with E-state index in [4.69, 9.17) is 4.74 Å². The molecule has 0 aliphatic carbocycles. The van der Waals surface area contributed by atoms with Crippen LogP contribution in [0.5, 0.6) is 5.75 Å². The number of anilines is 1. The molecule has 0 saturated heterocycles. The molecule has 1 N–H and O–H groups in total. The number of fused-ring (bicyclic) bond motifs is 1. The Labute approximate surface area is 177 Å². The van der Waals surface area contributed by atoms with E-state index in [2.05, 4.69) is 10.4 Å². The van der Waals surface area contributed by atoms with Gasteiger partial charge in [-0.3, -0.25) is 14.3 Å². The quantitative estimate of drug-likeness (QED) is 0.505. The van der Waals surface area contributed by atoms with Gasteiger partial charge < -0.3 is 10.1 Å². The number of ether oxygens (including phenoxy) is 1. The van der Waals surface area contributed by atoms with Crippen molar-refractivity contribution < 1.29 is 13.9 Å². The minimum atomic E-state index is -0.653. The van der Waals surface area contributed by atoms with Crippen LogP contribution in [0.4, 0.5) is 10.1 Å². The highest BCUT2D eigenvalue weighted by molar-refractivity contribution is 6.04. The molecule has 4 aromatic rings. The minimum absolute atomic E-state index is 0.118. The Bertz CT molecular complexity index is 1300. The van der Waals surface area contributed by atoms with Crippen LogP contribution in [0.3, 0.4) is 0 Å².